The molecule has 0 aliphatic rings. The molecule has 0 heterocycles. The summed E-state index contributed by atoms with van der Waals surface area (Å²) in [5.74, 6) is -2.61. The van der Waals surface area contributed by atoms with Crippen molar-refractivity contribution in [3.8, 4) is 0 Å². The van der Waals surface area contributed by atoms with E-state index in [-0.39, 0.29) is 23.5 Å². The van der Waals surface area contributed by atoms with Crippen LogP contribution in [0.15, 0.2) is 36.9 Å². The average Bonchev–Trinajstić information content (AvgIpc) is 2.47. The van der Waals surface area contributed by atoms with Gasteiger partial charge in [0.05, 0.1) is 17.0 Å². The van der Waals surface area contributed by atoms with Crippen molar-refractivity contribution in [1.29, 1.82) is 0 Å². The highest BCUT2D eigenvalue weighted by atomic mass is 16.5. The van der Waals surface area contributed by atoms with Gasteiger partial charge in [-0.2, -0.15) is 0 Å². The number of carbonyl (C=O) groups is 3. The fourth-order valence-electron chi connectivity index (χ4n) is 1.67. The molecule has 0 radical (unpaired) electrons. The Balaban J connectivity index is 2.79. The number of carbonyl (C=O) groups excluding carboxylic acids is 2. The number of hydrogen-bond donors (Lipinski definition) is 1. The molecule has 1 N–H and O–H groups in total. The molecule has 0 aromatic heterocycles. The van der Waals surface area contributed by atoms with E-state index in [0.717, 1.165) is 0 Å². The Morgan fingerprint density at radius 2 is 1.90 bits per heavy atom. The SMILES string of the molecule is C=CC(=O)C(CC)COC(=O)c1ccccc1C(=O)O. The first-order valence-electron chi connectivity index (χ1n) is 6.17. The number of allylic oxidation sites excluding steroid dienone is 1. The fraction of sp³-hybridized carbons (Fsp3) is 0.267. The Bertz CT molecular complexity index is 533. The minimum absolute atomic E-state index is 0.0269. The van der Waals surface area contributed by atoms with Gasteiger partial charge in [-0.25, -0.2) is 9.59 Å². The molecule has 0 bridgehead atoms. The van der Waals surface area contributed by atoms with Crippen molar-refractivity contribution >= 4 is 17.7 Å². The molecule has 0 amide bonds. The van der Waals surface area contributed by atoms with Gasteiger partial charge in [-0.15, -0.1) is 0 Å². The summed E-state index contributed by atoms with van der Waals surface area (Å²) in [6.45, 7) is 5.09. The van der Waals surface area contributed by atoms with Gasteiger partial charge in [-0.1, -0.05) is 25.6 Å². The van der Waals surface area contributed by atoms with Crippen molar-refractivity contribution < 1.29 is 24.2 Å². The van der Waals surface area contributed by atoms with Crippen LogP contribution in [-0.4, -0.2) is 29.4 Å². The third kappa shape index (κ3) is 3.78. The van der Waals surface area contributed by atoms with E-state index in [1.54, 1.807) is 13.0 Å². The Hall–Kier alpha value is -2.43. The zero-order valence-corrected chi connectivity index (χ0v) is 11.2. The molecule has 0 spiro atoms. The second-order valence-electron chi connectivity index (χ2n) is 4.16. The van der Waals surface area contributed by atoms with Gasteiger partial charge in [0.2, 0.25) is 0 Å². The number of ether oxygens (including phenoxy) is 1. The number of carboxylic acids is 1. The third-order valence-corrected chi connectivity index (χ3v) is 2.89. The van der Waals surface area contributed by atoms with Crippen LogP contribution in [0.3, 0.4) is 0 Å². The van der Waals surface area contributed by atoms with E-state index in [4.69, 9.17) is 9.84 Å². The minimum Gasteiger partial charge on any atom is -0.478 e. The zero-order valence-electron chi connectivity index (χ0n) is 11.2. The molecular formula is C15H16O5. The quantitative estimate of drug-likeness (QED) is 0.610. The Morgan fingerprint density at radius 1 is 1.30 bits per heavy atom. The van der Waals surface area contributed by atoms with Crippen LogP contribution in [0, 0.1) is 5.92 Å². The number of carboxylic acid groups (broad SMARTS) is 1. The molecular weight excluding hydrogens is 260 g/mol. The molecule has 1 atom stereocenters. The zero-order chi connectivity index (χ0) is 15.1. The van der Waals surface area contributed by atoms with Gasteiger partial charge in [-0.3, -0.25) is 4.79 Å². The lowest BCUT2D eigenvalue weighted by Gasteiger charge is -2.12. The van der Waals surface area contributed by atoms with E-state index in [1.807, 2.05) is 0 Å². The maximum atomic E-state index is 11.9. The van der Waals surface area contributed by atoms with Gasteiger partial charge < -0.3 is 9.84 Å². The predicted octanol–water partition coefficient (Wildman–Crippen LogP) is 2.32. The summed E-state index contributed by atoms with van der Waals surface area (Å²) in [5.41, 5.74) is -0.151. The van der Waals surface area contributed by atoms with Gasteiger partial charge >= 0.3 is 11.9 Å². The van der Waals surface area contributed by atoms with Crippen molar-refractivity contribution in [3.63, 3.8) is 0 Å². The summed E-state index contributed by atoms with van der Waals surface area (Å²) in [6, 6.07) is 5.78. The Kier molecular flexibility index (Phi) is 5.65. The summed E-state index contributed by atoms with van der Waals surface area (Å²) in [6.07, 6.45) is 1.70. The first-order chi connectivity index (χ1) is 9.51. The van der Waals surface area contributed by atoms with Crippen molar-refractivity contribution in [2.45, 2.75) is 13.3 Å². The molecule has 0 saturated carbocycles. The fourth-order valence-corrected chi connectivity index (χ4v) is 1.67. The van der Waals surface area contributed by atoms with E-state index in [0.29, 0.717) is 6.42 Å². The second kappa shape index (κ2) is 7.23. The lowest BCUT2D eigenvalue weighted by molar-refractivity contribution is -0.119. The maximum Gasteiger partial charge on any atom is 0.339 e. The summed E-state index contributed by atoms with van der Waals surface area (Å²) in [4.78, 5) is 34.3. The summed E-state index contributed by atoms with van der Waals surface area (Å²) in [5, 5.41) is 8.99. The Morgan fingerprint density at radius 3 is 2.40 bits per heavy atom. The number of ketones is 1. The van der Waals surface area contributed by atoms with Gasteiger partial charge in [-0.05, 0) is 24.6 Å². The standard InChI is InChI=1S/C15H16O5/c1-3-10(13(16)4-2)9-20-15(19)12-8-6-5-7-11(12)14(17)18/h4-8,10H,2-3,9H2,1H3,(H,17,18). The van der Waals surface area contributed by atoms with Gasteiger partial charge in [0.1, 0.15) is 6.61 Å². The van der Waals surface area contributed by atoms with Crippen LogP contribution >= 0.6 is 0 Å². The molecule has 0 aliphatic carbocycles. The van der Waals surface area contributed by atoms with E-state index in [9.17, 15) is 14.4 Å². The topological polar surface area (TPSA) is 80.7 Å². The normalized spacial score (nSPS) is 11.4. The third-order valence-electron chi connectivity index (χ3n) is 2.89. The number of hydrogen-bond acceptors (Lipinski definition) is 4. The highest BCUT2D eigenvalue weighted by molar-refractivity contribution is 6.02. The van der Waals surface area contributed by atoms with Crippen molar-refractivity contribution in [2.24, 2.45) is 5.92 Å². The van der Waals surface area contributed by atoms with E-state index in [2.05, 4.69) is 6.58 Å². The number of esters is 1. The summed E-state index contributed by atoms with van der Waals surface area (Å²) >= 11 is 0. The molecule has 0 aliphatic heterocycles. The van der Waals surface area contributed by atoms with Crippen molar-refractivity contribution in [1.82, 2.24) is 0 Å². The van der Waals surface area contributed by atoms with Crippen molar-refractivity contribution in [3.05, 3.63) is 48.0 Å². The van der Waals surface area contributed by atoms with Crippen LogP contribution in [0.1, 0.15) is 34.1 Å². The first kappa shape index (κ1) is 15.6. The average molecular weight is 276 g/mol. The van der Waals surface area contributed by atoms with Crippen LogP contribution in [0.2, 0.25) is 0 Å². The van der Waals surface area contributed by atoms with E-state index >= 15 is 0 Å². The molecule has 1 aromatic carbocycles. The van der Waals surface area contributed by atoms with E-state index in [1.165, 1.54) is 24.3 Å². The van der Waals surface area contributed by atoms with Crippen molar-refractivity contribution in [2.75, 3.05) is 6.61 Å². The largest absolute Gasteiger partial charge is 0.478 e. The van der Waals surface area contributed by atoms with Crippen LogP contribution in [0.25, 0.3) is 0 Å². The van der Waals surface area contributed by atoms with E-state index < -0.39 is 17.9 Å². The number of benzene rings is 1. The van der Waals surface area contributed by atoms with Crippen LogP contribution in [0.5, 0.6) is 0 Å². The number of aromatic carboxylic acids is 1. The van der Waals surface area contributed by atoms with Gasteiger partial charge in [0.25, 0.3) is 0 Å². The maximum absolute atomic E-state index is 11.9. The second-order valence-corrected chi connectivity index (χ2v) is 4.16. The molecule has 0 fully saturated rings. The van der Waals surface area contributed by atoms with Gasteiger partial charge in [0, 0.05) is 0 Å². The highest BCUT2D eigenvalue weighted by Crippen LogP contribution is 2.12. The molecule has 0 saturated heterocycles. The van der Waals surface area contributed by atoms with Gasteiger partial charge in [0.15, 0.2) is 5.78 Å². The molecule has 1 unspecified atom stereocenters. The summed E-state index contributed by atoms with van der Waals surface area (Å²) in [7, 11) is 0. The van der Waals surface area contributed by atoms with Crippen LogP contribution < -0.4 is 0 Å². The predicted molar refractivity (Wildman–Crippen MR) is 72.7 cm³/mol. The van der Waals surface area contributed by atoms with Crippen LogP contribution in [-0.2, 0) is 9.53 Å². The molecule has 5 nitrogen and oxygen atoms in total. The molecule has 1 aromatic rings. The molecule has 20 heavy (non-hydrogen) atoms. The number of rotatable bonds is 7. The first-order valence-corrected chi connectivity index (χ1v) is 6.17. The smallest absolute Gasteiger partial charge is 0.339 e. The molecule has 1 rings (SSSR count). The lowest BCUT2D eigenvalue weighted by Crippen LogP contribution is -2.21. The lowest BCUT2D eigenvalue weighted by atomic mass is 10.0. The summed E-state index contributed by atoms with van der Waals surface area (Å²) < 4.78 is 5.02. The molecule has 5 heteroatoms. The Labute approximate surface area is 116 Å². The minimum atomic E-state index is -1.20. The van der Waals surface area contributed by atoms with Crippen LogP contribution in [0.4, 0.5) is 0 Å². The highest BCUT2D eigenvalue weighted by Gasteiger charge is 2.20. The molecule has 106 valence electrons. The monoisotopic (exact) mass is 276 g/mol.